The van der Waals surface area contributed by atoms with Crippen LogP contribution in [0.3, 0.4) is 0 Å². The monoisotopic (exact) mass is 435 g/mol. The second-order valence-corrected chi connectivity index (χ2v) is 8.35. The third-order valence-electron chi connectivity index (χ3n) is 6.53. The van der Waals surface area contributed by atoms with E-state index in [1.165, 1.54) is 27.7 Å². The lowest BCUT2D eigenvalue weighted by Crippen LogP contribution is -2.36. The average Bonchev–Trinajstić information content (AvgIpc) is 3.49. The Bertz CT molecular complexity index is 1400. The van der Waals surface area contributed by atoms with E-state index in [1.54, 1.807) is 19.5 Å². The van der Waals surface area contributed by atoms with Crippen LogP contribution in [-0.2, 0) is 13.0 Å². The summed E-state index contributed by atoms with van der Waals surface area (Å²) in [6.07, 6.45) is 6.58. The Morgan fingerprint density at radius 1 is 0.970 bits per heavy atom. The van der Waals surface area contributed by atoms with E-state index < -0.39 is 0 Å². The molecule has 0 spiro atoms. The predicted molar refractivity (Wildman–Crippen MR) is 129 cm³/mol. The van der Waals surface area contributed by atoms with Crippen LogP contribution in [0.5, 0.6) is 5.75 Å². The number of nitrogens with one attached hydrogen (secondary N) is 1. The Morgan fingerprint density at radius 2 is 1.79 bits per heavy atom. The largest absolute Gasteiger partial charge is 0.496 e. The summed E-state index contributed by atoms with van der Waals surface area (Å²) in [5.41, 5.74) is 6.16. The zero-order chi connectivity index (χ0) is 22.2. The molecule has 164 valence electrons. The molecule has 0 aliphatic carbocycles. The van der Waals surface area contributed by atoms with Crippen molar-refractivity contribution < 1.29 is 4.74 Å². The number of methoxy groups -OCH3 is 1. The molecular formula is C27H25N5O. The number of H-pyrrole nitrogens is 1. The summed E-state index contributed by atoms with van der Waals surface area (Å²) in [6.45, 7) is 1.71. The number of hydrogen-bond donors (Lipinski definition) is 1. The quantitative estimate of drug-likeness (QED) is 0.426. The molecule has 0 saturated heterocycles. The summed E-state index contributed by atoms with van der Waals surface area (Å²) in [7, 11) is 1.75. The third-order valence-corrected chi connectivity index (χ3v) is 6.53. The molecule has 1 unspecified atom stereocenters. The van der Waals surface area contributed by atoms with Crippen molar-refractivity contribution in [3.8, 4) is 11.7 Å². The summed E-state index contributed by atoms with van der Waals surface area (Å²) < 4.78 is 7.87. The number of nitrogens with zero attached hydrogens (tertiary/aromatic N) is 4. The summed E-state index contributed by atoms with van der Waals surface area (Å²) in [5.74, 6) is 1.59. The lowest BCUT2D eigenvalue weighted by atomic mass is 9.91. The van der Waals surface area contributed by atoms with Gasteiger partial charge in [-0.1, -0.05) is 36.4 Å². The molecule has 0 radical (unpaired) electrons. The average molecular weight is 436 g/mol. The Morgan fingerprint density at radius 3 is 2.67 bits per heavy atom. The number of aromatic nitrogens is 4. The van der Waals surface area contributed by atoms with Crippen molar-refractivity contribution in [2.45, 2.75) is 19.0 Å². The topological polar surface area (TPSA) is 59.0 Å². The molecule has 0 amide bonds. The number of aromatic amines is 1. The van der Waals surface area contributed by atoms with Gasteiger partial charge in [-0.2, -0.15) is 0 Å². The van der Waals surface area contributed by atoms with Crippen molar-refractivity contribution in [1.82, 2.24) is 24.4 Å². The number of fused-ring (bicyclic) bond motifs is 3. The van der Waals surface area contributed by atoms with Crippen LogP contribution in [0.15, 0.2) is 85.3 Å². The fraction of sp³-hybridized carbons (Fsp3) is 0.185. The van der Waals surface area contributed by atoms with Gasteiger partial charge in [-0.3, -0.25) is 9.47 Å². The molecule has 4 heterocycles. The highest BCUT2D eigenvalue weighted by molar-refractivity contribution is 5.85. The first-order chi connectivity index (χ1) is 16.3. The zero-order valence-corrected chi connectivity index (χ0v) is 18.5. The van der Waals surface area contributed by atoms with Gasteiger partial charge < -0.3 is 9.72 Å². The van der Waals surface area contributed by atoms with Gasteiger partial charge in [0.2, 0.25) is 5.95 Å². The number of benzene rings is 2. The van der Waals surface area contributed by atoms with Gasteiger partial charge in [-0.25, -0.2) is 9.97 Å². The SMILES string of the molecule is COc1ccccc1C1c2[nH]c3ccccc3c2CCN1Cc1cccn1-c1ncccn1. The van der Waals surface area contributed by atoms with Crippen LogP contribution < -0.4 is 4.74 Å². The van der Waals surface area contributed by atoms with Gasteiger partial charge in [0, 0.05) is 59.5 Å². The molecule has 1 N–H and O–H groups in total. The first-order valence-corrected chi connectivity index (χ1v) is 11.2. The van der Waals surface area contributed by atoms with Crippen molar-refractivity contribution in [3.05, 3.63) is 108 Å². The maximum Gasteiger partial charge on any atom is 0.233 e. The minimum absolute atomic E-state index is 0.0531. The third kappa shape index (κ3) is 3.39. The van der Waals surface area contributed by atoms with Crippen LogP contribution >= 0.6 is 0 Å². The highest BCUT2D eigenvalue weighted by atomic mass is 16.5. The fourth-order valence-electron chi connectivity index (χ4n) is 5.07. The number of ether oxygens (including phenoxy) is 1. The van der Waals surface area contributed by atoms with Crippen LogP contribution in [0.25, 0.3) is 16.9 Å². The van der Waals surface area contributed by atoms with Crippen LogP contribution in [0, 0.1) is 0 Å². The minimum Gasteiger partial charge on any atom is -0.496 e. The minimum atomic E-state index is 0.0531. The van der Waals surface area contributed by atoms with Crippen molar-refractivity contribution in [2.75, 3.05) is 13.7 Å². The van der Waals surface area contributed by atoms with Gasteiger partial charge in [-0.15, -0.1) is 0 Å². The van der Waals surface area contributed by atoms with E-state index in [9.17, 15) is 0 Å². The van der Waals surface area contributed by atoms with Crippen LogP contribution in [0.2, 0.25) is 0 Å². The van der Waals surface area contributed by atoms with Gasteiger partial charge in [0.15, 0.2) is 0 Å². The van der Waals surface area contributed by atoms with Crippen molar-refractivity contribution in [3.63, 3.8) is 0 Å². The molecule has 0 bridgehead atoms. The van der Waals surface area contributed by atoms with Crippen molar-refractivity contribution in [2.24, 2.45) is 0 Å². The standard InChI is InChI=1S/C27H25N5O/c1-33-24-12-5-3-10-22(24)26-25-21(20-9-2-4-11-23(20)30-25)13-17-31(26)18-19-8-6-16-32(19)27-28-14-7-15-29-27/h2-12,14-16,26,30H,13,17-18H2,1H3. The normalized spacial score (nSPS) is 16.1. The van der Waals surface area contributed by atoms with Crippen LogP contribution in [0.4, 0.5) is 0 Å². The molecule has 0 saturated carbocycles. The molecule has 1 aliphatic rings. The van der Waals surface area contributed by atoms with E-state index in [0.717, 1.165) is 31.0 Å². The number of para-hydroxylation sites is 2. The second kappa shape index (κ2) is 8.22. The Labute approximate surface area is 192 Å². The van der Waals surface area contributed by atoms with E-state index in [-0.39, 0.29) is 6.04 Å². The highest BCUT2D eigenvalue weighted by Gasteiger charge is 2.33. The second-order valence-electron chi connectivity index (χ2n) is 8.35. The smallest absolute Gasteiger partial charge is 0.233 e. The molecule has 33 heavy (non-hydrogen) atoms. The molecule has 2 aromatic carbocycles. The Kier molecular flexibility index (Phi) is 4.92. The molecule has 1 aliphatic heterocycles. The molecule has 6 nitrogen and oxygen atoms in total. The first-order valence-electron chi connectivity index (χ1n) is 11.2. The van der Waals surface area contributed by atoms with Gasteiger partial charge in [-0.05, 0) is 42.3 Å². The molecule has 5 aromatic rings. The molecule has 3 aromatic heterocycles. The van der Waals surface area contributed by atoms with Gasteiger partial charge in [0.1, 0.15) is 5.75 Å². The van der Waals surface area contributed by atoms with Gasteiger partial charge in [0.05, 0.1) is 13.2 Å². The van der Waals surface area contributed by atoms with E-state index in [1.807, 2.05) is 24.4 Å². The summed E-state index contributed by atoms with van der Waals surface area (Å²) in [4.78, 5) is 15.2. The van der Waals surface area contributed by atoms with E-state index in [0.29, 0.717) is 5.95 Å². The molecule has 6 rings (SSSR count). The summed E-state index contributed by atoms with van der Waals surface area (Å²) in [6, 6.07) is 23.0. The summed E-state index contributed by atoms with van der Waals surface area (Å²) in [5, 5.41) is 1.31. The Hall–Kier alpha value is -3.90. The maximum atomic E-state index is 5.80. The number of rotatable bonds is 5. The van der Waals surface area contributed by atoms with E-state index in [4.69, 9.17) is 4.74 Å². The maximum absolute atomic E-state index is 5.80. The molecular weight excluding hydrogens is 410 g/mol. The number of hydrogen-bond acceptors (Lipinski definition) is 4. The van der Waals surface area contributed by atoms with Crippen LogP contribution in [-0.4, -0.2) is 38.1 Å². The predicted octanol–water partition coefficient (Wildman–Crippen LogP) is 4.90. The van der Waals surface area contributed by atoms with Crippen molar-refractivity contribution >= 4 is 10.9 Å². The van der Waals surface area contributed by atoms with E-state index in [2.05, 4.69) is 72.9 Å². The van der Waals surface area contributed by atoms with Crippen LogP contribution in [0.1, 0.15) is 28.6 Å². The van der Waals surface area contributed by atoms with Gasteiger partial charge >= 0.3 is 0 Å². The zero-order valence-electron chi connectivity index (χ0n) is 18.5. The van der Waals surface area contributed by atoms with Crippen molar-refractivity contribution in [1.29, 1.82) is 0 Å². The highest BCUT2D eigenvalue weighted by Crippen LogP contribution is 2.42. The Balaban J connectivity index is 1.46. The molecule has 6 heteroatoms. The lowest BCUT2D eigenvalue weighted by Gasteiger charge is -2.36. The summed E-state index contributed by atoms with van der Waals surface area (Å²) >= 11 is 0. The molecule has 0 fully saturated rings. The fourth-order valence-corrected chi connectivity index (χ4v) is 5.07. The first kappa shape index (κ1) is 19.8. The van der Waals surface area contributed by atoms with Gasteiger partial charge in [0.25, 0.3) is 0 Å². The molecule has 1 atom stereocenters. The van der Waals surface area contributed by atoms with E-state index >= 15 is 0 Å². The lowest BCUT2D eigenvalue weighted by molar-refractivity contribution is 0.195.